The Kier molecular flexibility index (Phi) is 3.25. The molecular weight excluding hydrogens is 324 g/mol. The van der Waals surface area contributed by atoms with Crippen LogP contribution in [-0.4, -0.2) is 19.3 Å². The minimum Gasteiger partial charge on any atom is -0.333 e. The monoisotopic (exact) mass is 332 g/mol. The fourth-order valence-electron chi connectivity index (χ4n) is 1.36. The summed E-state index contributed by atoms with van der Waals surface area (Å²) in [6.45, 7) is 3.69. The van der Waals surface area contributed by atoms with Gasteiger partial charge in [0.25, 0.3) is 0 Å². The summed E-state index contributed by atoms with van der Waals surface area (Å²) in [5, 5.41) is 4.29. The van der Waals surface area contributed by atoms with Gasteiger partial charge in [0.05, 0.1) is 6.54 Å². The average molecular weight is 334 g/mol. The molecule has 0 atom stereocenters. The molecule has 0 saturated carbocycles. The van der Waals surface area contributed by atoms with Gasteiger partial charge in [-0.2, -0.15) is 5.10 Å². The lowest BCUT2D eigenvalue weighted by molar-refractivity contribution is 0.517. The zero-order chi connectivity index (χ0) is 10.8. The lowest BCUT2D eigenvalue weighted by Crippen LogP contribution is -2.09. The van der Waals surface area contributed by atoms with E-state index in [-0.39, 0.29) is 0 Å². The molecule has 4 nitrogen and oxygen atoms in total. The molecule has 0 amide bonds. The molecule has 0 saturated heterocycles. The van der Waals surface area contributed by atoms with Crippen LogP contribution < -0.4 is 0 Å². The van der Waals surface area contributed by atoms with Crippen LogP contribution in [0.4, 0.5) is 0 Å². The molecule has 2 rings (SSSR count). The van der Waals surface area contributed by atoms with E-state index >= 15 is 0 Å². The summed E-state index contributed by atoms with van der Waals surface area (Å²) >= 11 is 6.78. The van der Waals surface area contributed by atoms with Gasteiger partial charge in [-0.25, -0.2) is 4.98 Å². The smallest absolute Gasteiger partial charge is 0.129 e. The maximum atomic E-state index is 4.29. The van der Waals surface area contributed by atoms with Crippen molar-refractivity contribution in [3.63, 3.8) is 0 Å². The van der Waals surface area contributed by atoms with Gasteiger partial charge in [0.15, 0.2) is 0 Å². The van der Waals surface area contributed by atoms with Crippen LogP contribution >= 0.6 is 31.9 Å². The molecule has 6 heteroatoms. The summed E-state index contributed by atoms with van der Waals surface area (Å²) in [6, 6.07) is 1.93. The lowest BCUT2D eigenvalue weighted by atomic mass is 10.5. The van der Waals surface area contributed by atoms with E-state index in [1.165, 1.54) is 0 Å². The highest BCUT2D eigenvalue weighted by molar-refractivity contribution is 9.11. The Morgan fingerprint density at radius 2 is 2.13 bits per heavy atom. The second kappa shape index (κ2) is 4.49. The van der Waals surface area contributed by atoms with Crippen LogP contribution in [0.2, 0.25) is 0 Å². The molecule has 0 aliphatic rings. The Hall–Kier alpha value is -0.620. The largest absolute Gasteiger partial charge is 0.333 e. The van der Waals surface area contributed by atoms with E-state index in [0.29, 0.717) is 0 Å². The predicted octanol–water partition coefficient (Wildman–Crippen LogP) is 2.61. The normalized spacial score (nSPS) is 10.9. The molecule has 80 valence electrons. The van der Waals surface area contributed by atoms with Gasteiger partial charge in [0, 0.05) is 25.0 Å². The highest BCUT2D eigenvalue weighted by Gasteiger charge is 2.03. The number of aromatic nitrogens is 4. The SMILES string of the molecule is Cc1nccn1CCn1nc(Br)cc1Br. The molecule has 0 spiro atoms. The van der Waals surface area contributed by atoms with Crippen LogP contribution in [0.1, 0.15) is 5.82 Å². The predicted molar refractivity (Wildman–Crippen MR) is 64.6 cm³/mol. The molecule has 0 radical (unpaired) electrons. The first-order valence-corrected chi connectivity index (χ1v) is 6.12. The first-order chi connectivity index (χ1) is 7.16. The van der Waals surface area contributed by atoms with Crippen LogP contribution in [0.5, 0.6) is 0 Å². The molecule has 0 unspecified atom stereocenters. The minimum atomic E-state index is 0.823. The van der Waals surface area contributed by atoms with Gasteiger partial charge in [-0.3, -0.25) is 4.68 Å². The molecule has 0 fully saturated rings. The Labute approximate surface area is 105 Å². The van der Waals surface area contributed by atoms with Crippen LogP contribution in [0.25, 0.3) is 0 Å². The Morgan fingerprint density at radius 1 is 1.33 bits per heavy atom. The molecule has 15 heavy (non-hydrogen) atoms. The van der Waals surface area contributed by atoms with E-state index in [0.717, 1.165) is 28.1 Å². The highest BCUT2D eigenvalue weighted by Crippen LogP contribution is 2.16. The molecule has 0 aromatic carbocycles. The Bertz CT molecular complexity index is 460. The van der Waals surface area contributed by atoms with Crippen molar-refractivity contribution < 1.29 is 0 Å². The minimum absolute atomic E-state index is 0.823. The lowest BCUT2D eigenvalue weighted by Gasteiger charge is -2.05. The zero-order valence-electron chi connectivity index (χ0n) is 8.19. The van der Waals surface area contributed by atoms with Crippen molar-refractivity contribution in [2.75, 3.05) is 0 Å². The van der Waals surface area contributed by atoms with Crippen LogP contribution in [-0.2, 0) is 13.1 Å². The number of imidazole rings is 1. The average Bonchev–Trinajstić information content (AvgIpc) is 2.70. The molecule has 2 aromatic heterocycles. The van der Waals surface area contributed by atoms with Gasteiger partial charge in [-0.1, -0.05) is 0 Å². The third-order valence-electron chi connectivity index (χ3n) is 2.18. The fraction of sp³-hybridized carbons (Fsp3) is 0.333. The van der Waals surface area contributed by atoms with Crippen LogP contribution in [0.15, 0.2) is 27.7 Å². The maximum Gasteiger partial charge on any atom is 0.129 e. The molecular formula is C9H10Br2N4. The standard InChI is InChI=1S/C9H10Br2N4/c1-7-12-2-3-14(7)4-5-15-9(11)6-8(10)13-15/h2-3,6H,4-5H2,1H3. The number of rotatable bonds is 3. The first kappa shape index (κ1) is 10.9. The summed E-state index contributed by atoms with van der Waals surface area (Å²) in [5.41, 5.74) is 0. The summed E-state index contributed by atoms with van der Waals surface area (Å²) in [7, 11) is 0. The van der Waals surface area contributed by atoms with Crippen molar-refractivity contribution in [3.05, 3.63) is 33.5 Å². The van der Waals surface area contributed by atoms with Gasteiger partial charge in [-0.15, -0.1) is 0 Å². The van der Waals surface area contributed by atoms with E-state index in [1.807, 2.05) is 30.1 Å². The van der Waals surface area contributed by atoms with Gasteiger partial charge in [-0.05, 0) is 38.8 Å². The van der Waals surface area contributed by atoms with Gasteiger partial charge in [0.2, 0.25) is 0 Å². The van der Waals surface area contributed by atoms with Crippen molar-refractivity contribution >= 4 is 31.9 Å². The van der Waals surface area contributed by atoms with E-state index < -0.39 is 0 Å². The highest BCUT2D eigenvalue weighted by atomic mass is 79.9. The number of halogens is 2. The number of hydrogen-bond donors (Lipinski definition) is 0. The van der Waals surface area contributed by atoms with Crippen LogP contribution in [0.3, 0.4) is 0 Å². The topological polar surface area (TPSA) is 35.6 Å². The molecule has 2 heterocycles. The first-order valence-electron chi connectivity index (χ1n) is 4.53. The Balaban J connectivity index is 2.05. The summed E-state index contributed by atoms with van der Waals surface area (Å²) in [5.74, 6) is 1.03. The maximum absolute atomic E-state index is 4.29. The molecule has 0 N–H and O–H groups in total. The summed E-state index contributed by atoms with van der Waals surface area (Å²) < 4.78 is 5.83. The number of hydrogen-bond acceptors (Lipinski definition) is 2. The van der Waals surface area contributed by atoms with Crippen molar-refractivity contribution in [2.24, 2.45) is 0 Å². The second-order valence-corrected chi connectivity index (χ2v) is 4.81. The van der Waals surface area contributed by atoms with E-state index in [2.05, 4.69) is 46.5 Å². The molecule has 0 bridgehead atoms. The van der Waals surface area contributed by atoms with E-state index in [4.69, 9.17) is 0 Å². The van der Waals surface area contributed by atoms with Gasteiger partial charge >= 0.3 is 0 Å². The summed E-state index contributed by atoms with van der Waals surface area (Å²) in [6.07, 6.45) is 3.78. The molecule has 0 aliphatic heterocycles. The van der Waals surface area contributed by atoms with Crippen molar-refractivity contribution in [2.45, 2.75) is 20.0 Å². The molecule has 0 aliphatic carbocycles. The van der Waals surface area contributed by atoms with Crippen LogP contribution in [0, 0.1) is 6.92 Å². The third-order valence-corrected chi connectivity index (χ3v) is 3.20. The van der Waals surface area contributed by atoms with Gasteiger partial charge < -0.3 is 4.57 Å². The number of aryl methyl sites for hydroxylation is 3. The van der Waals surface area contributed by atoms with Gasteiger partial charge in [0.1, 0.15) is 15.0 Å². The van der Waals surface area contributed by atoms with Crippen molar-refractivity contribution in [3.8, 4) is 0 Å². The van der Waals surface area contributed by atoms with E-state index in [1.54, 1.807) is 0 Å². The summed E-state index contributed by atoms with van der Waals surface area (Å²) in [4.78, 5) is 4.17. The third kappa shape index (κ3) is 2.49. The number of nitrogens with zero attached hydrogens (tertiary/aromatic N) is 4. The fourth-order valence-corrected chi connectivity index (χ4v) is 2.55. The molecule has 2 aromatic rings. The zero-order valence-corrected chi connectivity index (χ0v) is 11.4. The van der Waals surface area contributed by atoms with E-state index in [9.17, 15) is 0 Å². The van der Waals surface area contributed by atoms with Crippen molar-refractivity contribution in [1.82, 2.24) is 19.3 Å². The second-order valence-electron chi connectivity index (χ2n) is 3.18. The van der Waals surface area contributed by atoms with Crippen molar-refractivity contribution in [1.29, 1.82) is 0 Å². The Morgan fingerprint density at radius 3 is 2.67 bits per heavy atom. The quantitative estimate of drug-likeness (QED) is 0.865.